The Labute approximate surface area is 109 Å². The van der Waals surface area contributed by atoms with Crippen molar-refractivity contribution in [3.8, 4) is 0 Å². The van der Waals surface area contributed by atoms with Gasteiger partial charge in [-0.2, -0.15) is 0 Å². The number of allylic oxidation sites excluding steroid dienone is 1. The Balaban J connectivity index is 2.18. The lowest BCUT2D eigenvalue weighted by Crippen LogP contribution is -2.15. The fraction of sp³-hybridized carbons (Fsp3) is 0.333. The Morgan fingerprint density at radius 2 is 1.89 bits per heavy atom. The molecule has 0 heteroatoms. The van der Waals surface area contributed by atoms with Gasteiger partial charge in [0.25, 0.3) is 0 Å². The topological polar surface area (TPSA) is 0 Å². The molecule has 0 spiro atoms. The van der Waals surface area contributed by atoms with Crippen LogP contribution < -0.4 is 0 Å². The normalized spacial score (nSPS) is 16.8. The summed E-state index contributed by atoms with van der Waals surface area (Å²) in [6.07, 6.45) is 6.88. The Bertz CT molecular complexity index is 630. The monoisotopic (exact) mass is 236 g/mol. The number of hydrogen-bond acceptors (Lipinski definition) is 0. The third-order valence-electron chi connectivity index (χ3n) is 3.93. The predicted octanol–water partition coefficient (Wildman–Crippen LogP) is 5.00. The predicted molar refractivity (Wildman–Crippen MR) is 79.8 cm³/mol. The van der Waals surface area contributed by atoms with Gasteiger partial charge < -0.3 is 0 Å². The third-order valence-corrected chi connectivity index (χ3v) is 3.93. The molecule has 0 unspecified atom stereocenters. The molecule has 1 aliphatic carbocycles. The van der Waals surface area contributed by atoms with Gasteiger partial charge in [-0.1, -0.05) is 57.2 Å². The van der Waals surface area contributed by atoms with Crippen molar-refractivity contribution in [3.63, 3.8) is 0 Å². The van der Waals surface area contributed by atoms with Crippen molar-refractivity contribution in [3.05, 3.63) is 53.1 Å². The molecule has 0 aromatic heterocycles. The van der Waals surface area contributed by atoms with Gasteiger partial charge in [-0.3, -0.25) is 0 Å². The standard InChI is InChI=1S/C18H20/c1-4-13-5-6-14-11-17-12-18(2,3)8-7-15(17)10-16(14)9-13/h5-11H,4,12H2,1-3H3. The minimum Gasteiger partial charge on any atom is -0.0779 e. The van der Waals surface area contributed by atoms with Crippen molar-refractivity contribution in [1.29, 1.82) is 0 Å². The van der Waals surface area contributed by atoms with E-state index >= 15 is 0 Å². The lowest BCUT2D eigenvalue weighted by atomic mass is 9.79. The first-order valence-corrected chi connectivity index (χ1v) is 6.82. The highest BCUT2D eigenvalue weighted by Crippen LogP contribution is 2.34. The molecule has 18 heavy (non-hydrogen) atoms. The van der Waals surface area contributed by atoms with Crippen LogP contribution in [-0.4, -0.2) is 0 Å². The van der Waals surface area contributed by atoms with Gasteiger partial charge >= 0.3 is 0 Å². The molecule has 2 aromatic rings. The van der Waals surface area contributed by atoms with Crippen molar-refractivity contribution in [2.45, 2.75) is 33.6 Å². The number of fused-ring (bicyclic) bond motifs is 2. The highest BCUT2D eigenvalue weighted by molar-refractivity contribution is 5.87. The quantitative estimate of drug-likeness (QED) is 0.653. The average molecular weight is 236 g/mol. The van der Waals surface area contributed by atoms with Gasteiger partial charge in [0, 0.05) is 0 Å². The van der Waals surface area contributed by atoms with Crippen molar-refractivity contribution < 1.29 is 0 Å². The smallest absolute Gasteiger partial charge is 0.0131 e. The van der Waals surface area contributed by atoms with Crippen molar-refractivity contribution >= 4 is 16.8 Å². The molecule has 1 aliphatic rings. The van der Waals surface area contributed by atoms with Crippen LogP contribution in [0.15, 0.2) is 36.4 Å². The molecule has 92 valence electrons. The second kappa shape index (κ2) is 3.98. The van der Waals surface area contributed by atoms with E-state index in [-0.39, 0.29) is 0 Å². The van der Waals surface area contributed by atoms with Crippen LogP contribution in [0.25, 0.3) is 16.8 Å². The van der Waals surface area contributed by atoms with E-state index in [1.807, 2.05) is 0 Å². The lowest BCUT2D eigenvalue weighted by Gasteiger charge is -2.26. The number of aryl methyl sites for hydroxylation is 1. The van der Waals surface area contributed by atoms with E-state index in [9.17, 15) is 0 Å². The molecule has 0 N–H and O–H groups in total. The molecule has 0 atom stereocenters. The summed E-state index contributed by atoms with van der Waals surface area (Å²) in [6.45, 7) is 6.82. The van der Waals surface area contributed by atoms with Crippen molar-refractivity contribution in [1.82, 2.24) is 0 Å². The molecular weight excluding hydrogens is 216 g/mol. The second-order valence-corrected chi connectivity index (χ2v) is 6.08. The van der Waals surface area contributed by atoms with E-state index < -0.39 is 0 Å². The zero-order valence-corrected chi connectivity index (χ0v) is 11.5. The van der Waals surface area contributed by atoms with E-state index in [2.05, 4.69) is 63.3 Å². The summed E-state index contributed by atoms with van der Waals surface area (Å²) in [4.78, 5) is 0. The van der Waals surface area contributed by atoms with E-state index in [0.29, 0.717) is 5.41 Å². The van der Waals surface area contributed by atoms with Crippen LogP contribution in [0.4, 0.5) is 0 Å². The summed E-state index contributed by atoms with van der Waals surface area (Å²) < 4.78 is 0. The first kappa shape index (κ1) is 11.5. The average Bonchev–Trinajstić information content (AvgIpc) is 2.35. The second-order valence-electron chi connectivity index (χ2n) is 6.08. The molecule has 0 saturated heterocycles. The van der Waals surface area contributed by atoms with Crippen molar-refractivity contribution in [2.75, 3.05) is 0 Å². The molecule has 0 aliphatic heterocycles. The molecule has 2 aromatic carbocycles. The molecule has 0 saturated carbocycles. The zero-order chi connectivity index (χ0) is 12.8. The first-order chi connectivity index (χ1) is 8.57. The zero-order valence-electron chi connectivity index (χ0n) is 11.5. The number of rotatable bonds is 1. The Morgan fingerprint density at radius 3 is 2.67 bits per heavy atom. The van der Waals surface area contributed by atoms with E-state index in [0.717, 1.165) is 12.8 Å². The highest BCUT2D eigenvalue weighted by atomic mass is 14.2. The number of hydrogen-bond donors (Lipinski definition) is 0. The van der Waals surface area contributed by atoms with Gasteiger partial charge in [0.1, 0.15) is 0 Å². The maximum absolute atomic E-state index is 2.37. The van der Waals surface area contributed by atoms with Crippen LogP contribution in [0.5, 0.6) is 0 Å². The number of benzene rings is 2. The van der Waals surface area contributed by atoms with Gasteiger partial charge in [-0.25, -0.2) is 0 Å². The van der Waals surface area contributed by atoms with E-state index in [4.69, 9.17) is 0 Å². The Kier molecular flexibility index (Phi) is 2.55. The maximum atomic E-state index is 2.37. The van der Waals surface area contributed by atoms with Crippen LogP contribution in [0, 0.1) is 5.41 Å². The summed E-state index contributed by atoms with van der Waals surface area (Å²) in [7, 11) is 0. The van der Waals surface area contributed by atoms with E-state index in [1.54, 1.807) is 0 Å². The van der Waals surface area contributed by atoms with Gasteiger partial charge in [0.2, 0.25) is 0 Å². The Hall–Kier alpha value is -1.56. The lowest BCUT2D eigenvalue weighted by molar-refractivity contribution is 0.475. The molecule has 0 fully saturated rings. The summed E-state index contributed by atoms with van der Waals surface area (Å²) in [5.74, 6) is 0. The van der Waals surface area contributed by atoms with Crippen LogP contribution in [0.1, 0.15) is 37.5 Å². The summed E-state index contributed by atoms with van der Waals surface area (Å²) in [5.41, 5.74) is 4.60. The van der Waals surface area contributed by atoms with Gasteiger partial charge in [-0.05, 0) is 51.8 Å². The molecule has 0 bridgehead atoms. The highest BCUT2D eigenvalue weighted by Gasteiger charge is 2.20. The van der Waals surface area contributed by atoms with Crippen molar-refractivity contribution in [2.24, 2.45) is 5.41 Å². The SMILES string of the molecule is CCc1ccc2cc3c(cc2c1)C=CC(C)(C)C3. The fourth-order valence-corrected chi connectivity index (χ4v) is 2.81. The summed E-state index contributed by atoms with van der Waals surface area (Å²) in [6, 6.07) is 11.5. The first-order valence-electron chi connectivity index (χ1n) is 6.82. The third kappa shape index (κ3) is 1.96. The van der Waals surface area contributed by atoms with Crippen LogP contribution >= 0.6 is 0 Å². The van der Waals surface area contributed by atoms with Crippen LogP contribution in [-0.2, 0) is 12.8 Å². The molecule has 3 rings (SSSR count). The molecule has 0 nitrogen and oxygen atoms in total. The largest absolute Gasteiger partial charge is 0.0779 e. The van der Waals surface area contributed by atoms with Crippen LogP contribution in [0.2, 0.25) is 0 Å². The summed E-state index contributed by atoms with van der Waals surface area (Å²) >= 11 is 0. The minimum absolute atomic E-state index is 0.296. The fourth-order valence-electron chi connectivity index (χ4n) is 2.81. The van der Waals surface area contributed by atoms with Crippen LogP contribution in [0.3, 0.4) is 0 Å². The molecule has 0 amide bonds. The van der Waals surface area contributed by atoms with E-state index in [1.165, 1.54) is 27.5 Å². The van der Waals surface area contributed by atoms with Gasteiger partial charge in [-0.15, -0.1) is 0 Å². The Morgan fingerprint density at radius 1 is 1.06 bits per heavy atom. The summed E-state index contributed by atoms with van der Waals surface area (Å²) in [5, 5.41) is 2.74. The van der Waals surface area contributed by atoms with Gasteiger partial charge in [0.05, 0.1) is 0 Å². The maximum Gasteiger partial charge on any atom is -0.0131 e. The minimum atomic E-state index is 0.296. The molecule has 0 radical (unpaired) electrons. The molecular formula is C18H20. The van der Waals surface area contributed by atoms with Gasteiger partial charge in [0.15, 0.2) is 0 Å². The molecule has 0 heterocycles.